The van der Waals surface area contributed by atoms with Gasteiger partial charge in [0.2, 0.25) is 5.95 Å². The Morgan fingerprint density at radius 2 is 2.20 bits per heavy atom. The molecule has 0 unspecified atom stereocenters. The van der Waals surface area contributed by atoms with E-state index < -0.39 is 5.95 Å². The fourth-order valence-electron chi connectivity index (χ4n) is 3.40. The fourth-order valence-corrected chi connectivity index (χ4v) is 3.77. The molecule has 0 aromatic carbocycles. The van der Waals surface area contributed by atoms with Crippen molar-refractivity contribution in [2.45, 2.75) is 46.2 Å². The topological polar surface area (TPSA) is 51.0 Å². The van der Waals surface area contributed by atoms with Gasteiger partial charge in [0.15, 0.2) is 0 Å². The predicted molar refractivity (Wildman–Crippen MR) is 94.0 cm³/mol. The van der Waals surface area contributed by atoms with Crippen molar-refractivity contribution in [3.05, 3.63) is 46.3 Å². The minimum Gasteiger partial charge on any atom is -0.330 e. The zero-order valence-corrected chi connectivity index (χ0v) is 15.4. The molecular weight excluding hydrogens is 343 g/mol. The third-order valence-electron chi connectivity index (χ3n) is 4.43. The highest BCUT2D eigenvalue weighted by Crippen LogP contribution is 2.38. The van der Waals surface area contributed by atoms with Gasteiger partial charge in [0.25, 0.3) is 5.91 Å². The van der Waals surface area contributed by atoms with Crippen molar-refractivity contribution < 1.29 is 9.18 Å². The number of rotatable bonds is 4. The van der Waals surface area contributed by atoms with E-state index >= 15 is 0 Å². The zero-order valence-electron chi connectivity index (χ0n) is 14.7. The number of nitrogens with zero attached hydrogens (tertiary/aromatic N) is 4. The number of aryl methyl sites for hydroxylation is 1. The molecule has 0 radical (unpaired) electrons. The van der Waals surface area contributed by atoms with Gasteiger partial charge in [-0.2, -0.15) is 9.49 Å². The quantitative estimate of drug-likeness (QED) is 0.770. The second-order valence-corrected chi connectivity index (χ2v) is 7.23. The monoisotopic (exact) mass is 364 g/mol. The van der Waals surface area contributed by atoms with Crippen LogP contribution in [0.1, 0.15) is 54.5 Å². The van der Waals surface area contributed by atoms with Crippen LogP contribution in [-0.2, 0) is 6.54 Å². The minimum atomic E-state index is -0.652. The second-order valence-electron chi connectivity index (χ2n) is 6.87. The van der Waals surface area contributed by atoms with E-state index in [0.717, 1.165) is 30.6 Å². The third-order valence-corrected chi connectivity index (χ3v) is 4.83. The van der Waals surface area contributed by atoms with Crippen LogP contribution in [0.2, 0.25) is 5.15 Å². The van der Waals surface area contributed by atoms with Crippen LogP contribution in [-0.4, -0.2) is 32.1 Å². The standard InChI is InChI=1S/C18H22ClFN4O/c1-11(2)10-24-17(19)16(12(3)22-24)14-7-5-9-23(14)18(25)13-6-4-8-15(20)21-13/h4,6,8,11,14H,5,7,9-10H2,1-3H3/t14-/m0/s1. The Bertz CT molecular complexity index is 789. The molecule has 0 spiro atoms. The van der Waals surface area contributed by atoms with Gasteiger partial charge in [-0.15, -0.1) is 0 Å². The van der Waals surface area contributed by atoms with Crippen molar-refractivity contribution >= 4 is 17.5 Å². The molecule has 5 nitrogen and oxygen atoms in total. The Morgan fingerprint density at radius 3 is 2.88 bits per heavy atom. The molecule has 1 saturated heterocycles. The number of halogens is 2. The third kappa shape index (κ3) is 3.54. The number of hydrogen-bond donors (Lipinski definition) is 0. The lowest BCUT2D eigenvalue weighted by atomic mass is 10.1. The van der Waals surface area contributed by atoms with Gasteiger partial charge in [-0.25, -0.2) is 4.98 Å². The summed E-state index contributed by atoms with van der Waals surface area (Å²) in [4.78, 5) is 18.3. The minimum absolute atomic E-state index is 0.121. The molecule has 25 heavy (non-hydrogen) atoms. The van der Waals surface area contributed by atoms with Crippen molar-refractivity contribution in [1.82, 2.24) is 19.7 Å². The van der Waals surface area contributed by atoms with Crippen LogP contribution in [0.4, 0.5) is 4.39 Å². The molecule has 7 heteroatoms. The molecule has 2 aromatic rings. The molecule has 1 amide bonds. The van der Waals surface area contributed by atoms with Gasteiger partial charge < -0.3 is 4.90 Å². The molecule has 0 N–H and O–H groups in total. The highest BCUT2D eigenvalue weighted by molar-refractivity contribution is 6.30. The fraction of sp³-hybridized carbons (Fsp3) is 0.500. The summed E-state index contributed by atoms with van der Waals surface area (Å²) in [6.45, 7) is 7.46. The van der Waals surface area contributed by atoms with E-state index in [-0.39, 0.29) is 17.6 Å². The number of carbonyl (C=O) groups excluding carboxylic acids is 1. The van der Waals surface area contributed by atoms with Gasteiger partial charge in [0.05, 0.1) is 11.7 Å². The summed E-state index contributed by atoms with van der Waals surface area (Å²) in [5.74, 6) is -0.503. The Hall–Kier alpha value is -1.95. The van der Waals surface area contributed by atoms with Crippen LogP contribution in [0, 0.1) is 18.8 Å². The Morgan fingerprint density at radius 1 is 1.44 bits per heavy atom. The van der Waals surface area contributed by atoms with E-state index in [1.165, 1.54) is 18.2 Å². The van der Waals surface area contributed by atoms with Crippen molar-refractivity contribution in [2.24, 2.45) is 5.92 Å². The van der Waals surface area contributed by atoms with Crippen LogP contribution in [0.3, 0.4) is 0 Å². The van der Waals surface area contributed by atoms with Crippen LogP contribution in [0.15, 0.2) is 18.2 Å². The first-order valence-corrected chi connectivity index (χ1v) is 8.92. The highest BCUT2D eigenvalue weighted by Gasteiger charge is 2.35. The van der Waals surface area contributed by atoms with E-state index in [0.29, 0.717) is 17.6 Å². The molecule has 0 aliphatic carbocycles. The summed E-state index contributed by atoms with van der Waals surface area (Å²) >= 11 is 6.58. The number of carbonyl (C=O) groups is 1. The van der Waals surface area contributed by atoms with E-state index in [1.807, 2.05) is 6.92 Å². The van der Waals surface area contributed by atoms with Gasteiger partial charge in [-0.1, -0.05) is 31.5 Å². The van der Waals surface area contributed by atoms with Gasteiger partial charge in [-0.3, -0.25) is 9.48 Å². The van der Waals surface area contributed by atoms with E-state index in [2.05, 4.69) is 23.9 Å². The summed E-state index contributed by atoms with van der Waals surface area (Å²) in [7, 11) is 0. The van der Waals surface area contributed by atoms with Crippen LogP contribution >= 0.6 is 11.6 Å². The van der Waals surface area contributed by atoms with E-state index in [9.17, 15) is 9.18 Å². The van der Waals surface area contributed by atoms with E-state index in [4.69, 9.17) is 11.6 Å². The average molecular weight is 365 g/mol. The molecule has 0 saturated carbocycles. The molecule has 134 valence electrons. The van der Waals surface area contributed by atoms with Crippen molar-refractivity contribution in [3.63, 3.8) is 0 Å². The molecule has 1 atom stereocenters. The molecule has 1 aliphatic heterocycles. The average Bonchev–Trinajstić information content (AvgIpc) is 3.11. The number of pyridine rings is 1. The van der Waals surface area contributed by atoms with E-state index in [1.54, 1.807) is 9.58 Å². The van der Waals surface area contributed by atoms with Gasteiger partial charge >= 0.3 is 0 Å². The zero-order chi connectivity index (χ0) is 18.1. The maximum Gasteiger partial charge on any atom is 0.273 e. The van der Waals surface area contributed by atoms with Crippen LogP contribution < -0.4 is 0 Å². The lowest BCUT2D eigenvalue weighted by Gasteiger charge is -2.24. The molecule has 3 rings (SSSR count). The Balaban J connectivity index is 1.92. The smallest absolute Gasteiger partial charge is 0.273 e. The number of likely N-dealkylation sites (tertiary alicyclic amines) is 1. The molecule has 2 aromatic heterocycles. The Labute approximate surface area is 151 Å². The normalized spacial score (nSPS) is 17.5. The van der Waals surface area contributed by atoms with Gasteiger partial charge in [0, 0.05) is 18.7 Å². The van der Waals surface area contributed by atoms with Crippen LogP contribution in [0.25, 0.3) is 0 Å². The summed E-state index contributed by atoms with van der Waals surface area (Å²) < 4.78 is 15.2. The maximum absolute atomic E-state index is 13.4. The van der Waals surface area contributed by atoms with Crippen molar-refractivity contribution in [1.29, 1.82) is 0 Å². The molecule has 1 fully saturated rings. The second kappa shape index (κ2) is 7.12. The predicted octanol–water partition coefficient (Wildman–Crippen LogP) is 4.01. The first-order chi connectivity index (χ1) is 11.9. The van der Waals surface area contributed by atoms with Crippen molar-refractivity contribution in [3.8, 4) is 0 Å². The Kier molecular flexibility index (Phi) is 5.08. The molecular formula is C18H22ClFN4O. The maximum atomic E-state index is 13.4. The summed E-state index contributed by atoms with van der Waals surface area (Å²) in [6.07, 6.45) is 1.69. The lowest BCUT2D eigenvalue weighted by molar-refractivity contribution is 0.0728. The summed E-state index contributed by atoms with van der Waals surface area (Å²) in [5.41, 5.74) is 1.85. The number of hydrogen-bond acceptors (Lipinski definition) is 3. The highest BCUT2D eigenvalue weighted by atomic mass is 35.5. The van der Waals surface area contributed by atoms with Gasteiger partial charge in [0.1, 0.15) is 10.8 Å². The van der Waals surface area contributed by atoms with Crippen molar-refractivity contribution in [2.75, 3.05) is 6.54 Å². The molecule has 1 aliphatic rings. The first-order valence-electron chi connectivity index (χ1n) is 8.54. The summed E-state index contributed by atoms with van der Waals surface area (Å²) in [6, 6.07) is 4.12. The molecule has 3 heterocycles. The van der Waals surface area contributed by atoms with Gasteiger partial charge in [-0.05, 0) is 37.8 Å². The largest absolute Gasteiger partial charge is 0.330 e. The SMILES string of the molecule is Cc1nn(CC(C)C)c(Cl)c1[C@@H]1CCCN1C(=O)c1cccc(F)n1. The number of aromatic nitrogens is 3. The molecule has 0 bridgehead atoms. The number of amides is 1. The van der Waals surface area contributed by atoms with Crippen LogP contribution in [0.5, 0.6) is 0 Å². The first kappa shape index (κ1) is 17.9. The summed E-state index contributed by atoms with van der Waals surface area (Å²) in [5, 5.41) is 5.13. The lowest BCUT2D eigenvalue weighted by Crippen LogP contribution is -2.31.